The number of nitrogens with zero attached hydrogens (tertiary/aromatic N) is 3. The number of carbonyl (C=O) groups excluding carboxylic acids is 1. The summed E-state index contributed by atoms with van der Waals surface area (Å²) in [4.78, 5) is 24.5. The first-order chi connectivity index (χ1) is 17.3. The number of hydrogen-bond acceptors (Lipinski definition) is 5. The number of aliphatic hydroxyl groups excluding tert-OH is 1. The van der Waals surface area contributed by atoms with Crippen molar-refractivity contribution in [1.29, 1.82) is 0 Å². The number of aromatic amines is 1. The quantitative estimate of drug-likeness (QED) is 0.425. The number of nitrogens with one attached hydrogen (secondary N) is 1. The van der Waals surface area contributed by atoms with Gasteiger partial charge in [-0.25, -0.2) is 4.98 Å². The highest BCUT2D eigenvalue weighted by atomic mass is 16.5. The largest absolute Gasteiger partial charge is 0.496 e. The minimum absolute atomic E-state index is 0.114. The maximum atomic E-state index is 12.7. The predicted octanol–water partition coefficient (Wildman–Crippen LogP) is 4.35. The molecule has 4 aromatic rings. The van der Waals surface area contributed by atoms with Crippen LogP contribution in [0.15, 0.2) is 54.9 Å². The number of pyridine rings is 1. The number of carbonyl (C=O) groups is 1. The van der Waals surface area contributed by atoms with Crippen molar-refractivity contribution < 1.29 is 14.6 Å². The van der Waals surface area contributed by atoms with E-state index in [1.165, 1.54) is 16.0 Å². The van der Waals surface area contributed by atoms with Crippen molar-refractivity contribution in [2.24, 2.45) is 0 Å². The maximum absolute atomic E-state index is 12.7. The molecule has 0 radical (unpaired) electrons. The third-order valence-electron chi connectivity index (χ3n) is 6.90. The van der Waals surface area contributed by atoms with Gasteiger partial charge in [0.1, 0.15) is 11.4 Å². The molecule has 1 aliphatic heterocycles. The molecule has 0 saturated heterocycles. The third kappa shape index (κ3) is 4.59. The van der Waals surface area contributed by atoms with Gasteiger partial charge in [-0.15, -0.1) is 0 Å². The van der Waals surface area contributed by atoms with Crippen LogP contribution in [0.3, 0.4) is 0 Å². The smallest absolute Gasteiger partial charge is 0.253 e. The summed E-state index contributed by atoms with van der Waals surface area (Å²) in [5, 5.41) is 10.6. The van der Waals surface area contributed by atoms with E-state index in [-0.39, 0.29) is 5.91 Å². The van der Waals surface area contributed by atoms with Crippen molar-refractivity contribution in [2.45, 2.75) is 26.0 Å². The van der Waals surface area contributed by atoms with Crippen LogP contribution in [0.1, 0.15) is 28.4 Å². The normalized spacial score (nSPS) is 14.5. The lowest BCUT2D eigenvalue weighted by atomic mass is 9.93. The van der Waals surface area contributed by atoms with Gasteiger partial charge in [-0.2, -0.15) is 0 Å². The van der Waals surface area contributed by atoms with Crippen LogP contribution in [0.5, 0.6) is 5.75 Å². The molecule has 1 amide bonds. The summed E-state index contributed by atoms with van der Waals surface area (Å²) in [6, 6.07) is 14.1. The Kier molecular flexibility index (Phi) is 6.51. The zero-order valence-electron chi connectivity index (χ0n) is 21.2. The highest BCUT2D eigenvalue weighted by molar-refractivity contribution is 5.98. The van der Waals surface area contributed by atoms with Gasteiger partial charge in [0.25, 0.3) is 5.91 Å². The molecule has 7 nitrogen and oxygen atoms in total. The molecule has 2 N–H and O–H groups in total. The molecule has 0 spiro atoms. The number of likely N-dealkylation sites (N-methyl/N-ethyl adjacent to an activating group) is 2. The second kappa shape index (κ2) is 9.76. The molecule has 7 heteroatoms. The van der Waals surface area contributed by atoms with E-state index in [1.807, 2.05) is 36.7 Å². The first-order valence-electron chi connectivity index (χ1n) is 12.2. The molecule has 2 aromatic carbocycles. The number of fused-ring (bicyclic) bond motifs is 2. The van der Waals surface area contributed by atoms with E-state index in [4.69, 9.17) is 9.72 Å². The van der Waals surface area contributed by atoms with Gasteiger partial charge in [-0.1, -0.05) is 12.1 Å². The lowest BCUT2D eigenvalue weighted by molar-refractivity contribution is 0.0703. The molecule has 3 heterocycles. The zero-order chi connectivity index (χ0) is 25.4. The van der Waals surface area contributed by atoms with Crippen LogP contribution in [-0.2, 0) is 13.0 Å². The maximum Gasteiger partial charge on any atom is 0.253 e. The second-order valence-electron chi connectivity index (χ2n) is 9.74. The molecule has 0 unspecified atom stereocenters. The van der Waals surface area contributed by atoms with Gasteiger partial charge in [-0.3, -0.25) is 4.79 Å². The molecule has 0 fully saturated rings. The van der Waals surface area contributed by atoms with Crippen LogP contribution in [-0.4, -0.2) is 71.2 Å². The Morgan fingerprint density at radius 1 is 1.19 bits per heavy atom. The van der Waals surface area contributed by atoms with Crippen LogP contribution in [0.4, 0.5) is 0 Å². The minimum Gasteiger partial charge on any atom is -0.496 e. The third-order valence-corrected chi connectivity index (χ3v) is 6.90. The summed E-state index contributed by atoms with van der Waals surface area (Å²) in [5.41, 5.74) is 8.15. The van der Waals surface area contributed by atoms with Gasteiger partial charge in [-0.05, 0) is 73.0 Å². The summed E-state index contributed by atoms with van der Waals surface area (Å²) < 4.78 is 5.75. The first kappa shape index (κ1) is 24.0. The second-order valence-corrected chi connectivity index (χ2v) is 9.74. The Bertz CT molecular complexity index is 1410. The Balaban J connectivity index is 1.48. The summed E-state index contributed by atoms with van der Waals surface area (Å²) in [6.45, 7) is 3.90. The number of amides is 1. The Labute approximate surface area is 211 Å². The van der Waals surface area contributed by atoms with Gasteiger partial charge in [0.15, 0.2) is 0 Å². The Morgan fingerprint density at radius 2 is 1.97 bits per heavy atom. The molecule has 1 atom stereocenters. The Morgan fingerprint density at radius 3 is 2.69 bits per heavy atom. The Hall–Kier alpha value is -3.68. The van der Waals surface area contributed by atoms with E-state index < -0.39 is 6.10 Å². The molecule has 0 aliphatic carbocycles. The molecule has 0 bridgehead atoms. The molecule has 0 saturated carbocycles. The van der Waals surface area contributed by atoms with Crippen molar-refractivity contribution in [3.8, 4) is 28.0 Å². The average Bonchev–Trinajstić information content (AvgIpc) is 3.30. The number of benzene rings is 2. The number of H-pyrrole nitrogens is 1. The molecule has 186 valence electrons. The van der Waals surface area contributed by atoms with Crippen LogP contribution < -0.4 is 4.74 Å². The van der Waals surface area contributed by atoms with E-state index in [9.17, 15) is 9.90 Å². The molecular weight excluding hydrogens is 452 g/mol. The summed E-state index contributed by atoms with van der Waals surface area (Å²) in [5.74, 6) is 0.822. The monoisotopic (exact) mass is 484 g/mol. The molecule has 2 aromatic heterocycles. The van der Waals surface area contributed by atoms with Crippen molar-refractivity contribution >= 4 is 16.9 Å². The first-order valence-corrected chi connectivity index (χ1v) is 12.2. The zero-order valence-corrected chi connectivity index (χ0v) is 21.2. The van der Waals surface area contributed by atoms with Crippen molar-refractivity contribution in [2.75, 3.05) is 34.3 Å². The number of methoxy groups -OCH3 is 1. The fraction of sp³-hybridized carbons (Fsp3) is 0.310. The van der Waals surface area contributed by atoms with E-state index in [0.717, 1.165) is 58.5 Å². The number of aliphatic hydroxyl groups is 1. The fourth-order valence-corrected chi connectivity index (χ4v) is 5.04. The summed E-state index contributed by atoms with van der Waals surface area (Å²) in [7, 11) is 5.58. The predicted molar refractivity (Wildman–Crippen MR) is 142 cm³/mol. The standard InChI is InChI=1S/C29H32N4O3/c1-18(34)16-33(3)29(35)20-7-5-19(6-8-20)26-15-31-28-25(26)12-22(14-30-28)21-11-23-17-32(2)10-9-24(23)27(13-21)36-4/h5-8,11-15,18,34H,9-10,16-17H2,1-4H3,(H,30,31)/t18-/m1/s1. The van der Waals surface area contributed by atoms with Crippen LogP contribution in [0.2, 0.25) is 0 Å². The van der Waals surface area contributed by atoms with Crippen molar-refractivity contribution in [3.63, 3.8) is 0 Å². The van der Waals surface area contributed by atoms with Crippen molar-refractivity contribution in [3.05, 3.63) is 71.5 Å². The highest BCUT2D eigenvalue weighted by Crippen LogP contribution is 2.36. The number of hydrogen-bond donors (Lipinski definition) is 2. The molecule has 5 rings (SSSR count). The van der Waals surface area contributed by atoms with Gasteiger partial charge < -0.3 is 24.6 Å². The SMILES string of the molecule is COc1cc(-c2cnc3[nH]cc(-c4ccc(C(=O)N(C)C[C@@H](C)O)cc4)c3c2)cc2c1CCN(C)C2. The van der Waals surface area contributed by atoms with E-state index in [2.05, 4.69) is 35.1 Å². The summed E-state index contributed by atoms with van der Waals surface area (Å²) in [6.07, 6.45) is 4.28. The van der Waals surface area contributed by atoms with Crippen molar-refractivity contribution in [1.82, 2.24) is 19.8 Å². The van der Waals surface area contributed by atoms with E-state index in [1.54, 1.807) is 21.1 Å². The average molecular weight is 485 g/mol. The van der Waals surface area contributed by atoms with E-state index >= 15 is 0 Å². The van der Waals surface area contributed by atoms with Gasteiger partial charge in [0, 0.05) is 61.2 Å². The van der Waals surface area contributed by atoms with Crippen LogP contribution in [0, 0.1) is 0 Å². The van der Waals surface area contributed by atoms with Gasteiger partial charge in [0.2, 0.25) is 0 Å². The summed E-state index contributed by atoms with van der Waals surface area (Å²) >= 11 is 0. The van der Waals surface area contributed by atoms with Gasteiger partial charge in [0.05, 0.1) is 13.2 Å². The fourth-order valence-electron chi connectivity index (χ4n) is 5.04. The lowest BCUT2D eigenvalue weighted by Crippen LogP contribution is -2.32. The topological polar surface area (TPSA) is 81.7 Å². The number of ether oxygens (including phenoxy) is 1. The molecular formula is C29H32N4O3. The molecule has 36 heavy (non-hydrogen) atoms. The van der Waals surface area contributed by atoms with Crippen LogP contribution in [0.25, 0.3) is 33.3 Å². The highest BCUT2D eigenvalue weighted by Gasteiger charge is 2.20. The van der Waals surface area contributed by atoms with E-state index in [0.29, 0.717) is 12.1 Å². The number of aromatic nitrogens is 2. The number of rotatable bonds is 6. The van der Waals surface area contributed by atoms with Gasteiger partial charge >= 0.3 is 0 Å². The minimum atomic E-state index is -0.567. The molecule has 1 aliphatic rings. The lowest BCUT2D eigenvalue weighted by Gasteiger charge is -2.27. The van der Waals surface area contributed by atoms with Crippen LogP contribution >= 0.6 is 0 Å².